The van der Waals surface area contributed by atoms with Crippen LogP contribution >= 0.6 is 55.1 Å². The number of hydrogen-bond donors (Lipinski definition) is 6. The van der Waals surface area contributed by atoms with Crippen molar-refractivity contribution in [1.29, 1.82) is 0 Å². The van der Waals surface area contributed by atoms with Crippen LogP contribution in [0.3, 0.4) is 0 Å². The van der Waals surface area contributed by atoms with Crippen molar-refractivity contribution in [2.75, 3.05) is 36.8 Å². The predicted octanol–water partition coefficient (Wildman–Crippen LogP) is 10.3. The molecule has 0 aliphatic carbocycles. The van der Waals surface area contributed by atoms with Crippen LogP contribution in [0, 0.1) is 20.2 Å². The third-order valence-electron chi connectivity index (χ3n) is 9.05. The molecule has 2 amide bonds. The fourth-order valence-electron chi connectivity index (χ4n) is 5.98. The van der Waals surface area contributed by atoms with Crippen molar-refractivity contribution >= 4 is 89.6 Å². The minimum absolute atomic E-state index is 0.0292. The summed E-state index contributed by atoms with van der Waals surface area (Å²) in [6.07, 6.45) is 0.898. The number of rotatable bonds is 10. The average molecular weight is 1010 g/mol. The lowest BCUT2D eigenvalue weighted by atomic mass is 10.0. The number of nitro groups is 2. The van der Waals surface area contributed by atoms with E-state index in [2.05, 4.69) is 53.1 Å². The number of carbonyl (C=O) groups is 2. The van der Waals surface area contributed by atoms with Crippen LogP contribution in [0.1, 0.15) is 43.0 Å². The van der Waals surface area contributed by atoms with Crippen LogP contribution in [0.2, 0.25) is 10.0 Å². The van der Waals surface area contributed by atoms with E-state index in [0.717, 1.165) is 49.4 Å². The number of piperazine rings is 1. The van der Waals surface area contributed by atoms with Crippen LogP contribution in [0.5, 0.6) is 11.5 Å². The van der Waals surface area contributed by atoms with Gasteiger partial charge in [0.25, 0.3) is 23.2 Å². The van der Waals surface area contributed by atoms with E-state index >= 15 is 0 Å². The summed E-state index contributed by atoms with van der Waals surface area (Å²) in [6, 6.07) is 33.1. The van der Waals surface area contributed by atoms with E-state index in [0.29, 0.717) is 32.9 Å². The fourth-order valence-corrected chi connectivity index (χ4v) is 7.43. The van der Waals surface area contributed by atoms with Gasteiger partial charge in [-0.15, -0.1) is 0 Å². The second kappa shape index (κ2) is 22.8. The standard InChI is InChI=1S/2C20H14BrClN2O4.C4H10N2/c2*21-14-9-13(8-12-4-2-1-3-5-12)19(25)16(10-14)20(26)23-18-7-6-15(24(27)28)11-17(18)22;1-2-6-4-3-5-1/h2*1-7,9-11,25H,8H2,(H,23,26);5-6H,1-4H2. The Labute approximate surface area is 382 Å². The zero-order chi connectivity index (χ0) is 44.8. The second-order valence-electron chi connectivity index (χ2n) is 13.5. The molecule has 0 bridgehead atoms. The minimum Gasteiger partial charge on any atom is -0.507 e. The molecule has 0 saturated carbocycles. The van der Waals surface area contributed by atoms with Gasteiger partial charge in [-0.05, 0) is 47.5 Å². The molecule has 14 nitrogen and oxygen atoms in total. The molecule has 1 aliphatic rings. The van der Waals surface area contributed by atoms with Gasteiger partial charge in [0.2, 0.25) is 0 Å². The van der Waals surface area contributed by atoms with Crippen LogP contribution in [0.15, 0.2) is 130 Å². The van der Waals surface area contributed by atoms with E-state index in [4.69, 9.17) is 23.2 Å². The molecular formula is C44H38Br2Cl2N6O8. The number of phenols is 2. The molecule has 6 aromatic carbocycles. The van der Waals surface area contributed by atoms with E-state index in [1.54, 1.807) is 12.1 Å². The van der Waals surface area contributed by atoms with Crippen molar-refractivity contribution in [2.24, 2.45) is 0 Å². The summed E-state index contributed by atoms with van der Waals surface area (Å²) < 4.78 is 1.27. The molecule has 0 spiro atoms. The number of aromatic hydroxyl groups is 2. The predicted molar refractivity (Wildman–Crippen MR) is 248 cm³/mol. The van der Waals surface area contributed by atoms with Crippen LogP contribution in [-0.2, 0) is 12.8 Å². The molecule has 7 rings (SSSR count). The monoisotopic (exact) mass is 1010 g/mol. The molecule has 1 saturated heterocycles. The van der Waals surface area contributed by atoms with Gasteiger partial charge in [0.15, 0.2) is 0 Å². The van der Waals surface area contributed by atoms with E-state index in [9.17, 15) is 40.0 Å². The summed E-state index contributed by atoms with van der Waals surface area (Å²) in [6.45, 7) is 4.56. The Morgan fingerprint density at radius 2 is 0.935 bits per heavy atom. The third kappa shape index (κ3) is 13.6. The average Bonchev–Trinajstić information content (AvgIpc) is 3.26. The van der Waals surface area contributed by atoms with E-state index in [1.807, 2.05) is 60.7 Å². The number of non-ortho nitro benzene ring substituents is 2. The molecule has 1 fully saturated rings. The van der Waals surface area contributed by atoms with Gasteiger partial charge < -0.3 is 31.5 Å². The summed E-state index contributed by atoms with van der Waals surface area (Å²) in [5.74, 6) is -1.43. The van der Waals surface area contributed by atoms with Crippen molar-refractivity contribution in [3.8, 4) is 11.5 Å². The van der Waals surface area contributed by atoms with Gasteiger partial charge in [0.05, 0.1) is 42.4 Å². The number of nitro benzene ring substituents is 2. The maximum atomic E-state index is 12.7. The van der Waals surface area contributed by atoms with Gasteiger partial charge in [-0.3, -0.25) is 29.8 Å². The Morgan fingerprint density at radius 3 is 1.24 bits per heavy atom. The lowest BCUT2D eigenvalue weighted by Gasteiger charge is -2.12. The van der Waals surface area contributed by atoms with Gasteiger partial charge in [-0.1, -0.05) is 116 Å². The third-order valence-corrected chi connectivity index (χ3v) is 10.6. The van der Waals surface area contributed by atoms with E-state index in [1.165, 1.54) is 36.4 Å². The van der Waals surface area contributed by atoms with Gasteiger partial charge >= 0.3 is 0 Å². The zero-order valence-electron chi connectivity index (χ0n) is 32.5. The topological polar surface area (TPSA) is 209 Å². The Balaban J connectivity index is 0.000000206. The molecule has 0 radical (unpaired) electrons. The van der Waals surface area contributed by atoms with Crippen molar-refractivity contribution in [1.82, 2.24) is 10.6 Å². The Bertz CT molecular complexity index is 2390. The van der Waals surface area contributed by atoms with Crippen LogP contribution in [0.4, 0.5) is 22.7 Å². The highest BCUT2D eigenvalue weighted by atomic mass is 79.9. The molecular weight excluding hydrogens is 971 g/mol. The zero-order valence-corrected chi connectivity index (χ0v) is 37.2. The van der Waals surface area contributed by atoms with Crippen LogP contribution < -0.4 is 21.3 Å². The molecule has 1 heterocycles. The Hall–Kier alpha value is -5.88. The summed E-state index contributed by atoms with van der Waals surface area (Å²) in [5.41, 5.74) is 3.33. The maximum absolute atomic E-state index is 12.7. The van der Waals surface area contributed by atoms with Gasteiger partial charge in [0, 0.05) is 83.4 Å². The van der Waals surface area contributed by atoms with Gasteiger partial charge in [0.1, 0.15) is 11.5 Å². The lowest BCUT2D eigenvalue weighted by Crippen LogP contribution is -2.39. The Kier molecular flexibility index (Phi) is 17.4. The summed E-state index contributed by atoms with van der Waals surface area (Å²) >= 11 is 18.8. The van der Waals surface area contributed by atoms with Crippen molar-refractivity contribution < 1.29 is 29.6 Å². The van der Waals surface area contributed by atoms with Crippen LogP contribution in [-0.4, -0.2) is 58.1 Å². The molecule has 0 atom stereocenters. The number of carbonyl (C=O) groups excluding carboxylic acids is 2. The number of benzene rings is 6. The first-order valence-electron chi connectivity index (χ1n) is 18.7. The molecule has 6 aromatic rings. The van der Waals surface area contributed by atoms with E-state index in [-0.39, 0.29) is 55.4 Å². The first-order chi connectivity index (χ1) is 29.7. The number of amides is 2. The second-order valence-corrected chi connectivity index (χ2v) is 16.1. The number of nitrogens with one attached hydrogen (secondary N) is 4. The highest BCUT2D eigenvalue weighted by Crippen LogP contribution is 2.34. The molecule has 0 aromatic heterocycles. The first kappa shape index (κ1) is 47.2. The number of hydrogen-bond acceptors (Lipinski definition) is 10. The molecule has 0 unspecified atom stereocenters. The quantitative estimate of drug-likeness (QED) is 0.0565. The van der Waals surface area contributed by atoms with Crippen LogP contribution in [0.25, 0.3) is 0 Å². The molecule has 1 aliphatic heterocycles. The molecule has 18 heteroatoms. The van der Waals surface area contributed by atoms with Gasteiger partial charge in [-0.2, -0.15) is 0 Å². The first-order valence-corrected chi connectivity index (χ1v) is 21.1. The molecule has 6 N–H and O–H groups in total. The fraction of sp³-hybridized carbons (Fsp3) is 0.136. The molecule has 62 heavy (non-hydrogen) atoms. The highest BCUT2D eigenvalue weighted by molar-refractivity contribution is 9.10. The Morgan fingerprint density at radius 1 is 0.581 bits per heavy atom. The lowest BCUT2D eigenvalue weighted by molar-refractivity contribution is -0.385. The summed E-state index contributed by atoms with van der Waals surface area (Å²) in [7, 11) is 0. The van der Waals surface area contributed by atoms with Crippen molar-refractivity contribution in [2.45, 2.75) is 12.8 Å². The summed E-state index contributed by atoms with van der Waals surface area (Å²) in [5, 5.41) is 54.5. The SMILES string of the molecule is C1CNCCN1.O=C(Nc1ccc([N+](=O)[O-])cc1Cl)c1cc(Br)cc(Cc2ccccc2)c1O.O=C(Nc1ccc([N+](=O)[O-])cc1Cl)c1cc(Br)cc(Cc2ccccc2)c1O. The molecule has 320 valence electrons. The number of nitrogens with zero attached hydrogens (tertiary/aromatic N) is 2. The summed E-state index contributed by atoms with van der Waals surface area (Å²) in [4.78, 5) is 45.8. The maximum Gasteiger partial charge on any atom is 0.271 e. The van der Waals surface area contributed by atoms with Crippen molar-refractivity contribution in [3.63, 3.8) is 0 Å². The highest BCUT2D eigenvalue weighted by Gasteiger charge is 2.20. The minimum atomic E-state index is -0.580. The number of anilines is 2. The number of halogens is 4. The smallest absolute Gasteiger partial charge is 0.271 e. The normalized spacial score (nSPS) is 11.8. The van der Waals surface area contributed by atoms with Gasteiger partial charge in [-0.25, -0.2) is 0 Å². The number of phenolic OH excluding ortho intramolecular Hbond substituents is 2. The largest absolute Gasteiger partial charge is 0.507 e. The van der Waals surface area contributed by atoms with Crippen molar-refractivity contribution in [3.05, 3.63) is 194 Å². The van der Waals surface area contributed by atoms with E-state index < -0.39 is 21.7 Å².